The van der Waals surface area contributed by atoms with Crippen molar-refractivity contribution in [1.82, 2.24) is 10.2 Å². The lowest BCUT2D eigenvalue weighted by atomic mass is 10.1. The van der Waals surface area contributed by atoms with Crippen LogP contribution in [0.1, 0.15) is 0 Å². The monoisotopic (exact) mass is 225 g/mol. The molecule has 0 atom stereocenters. The second kappa shape index (κ2) is 4.18. The van der Waals surface area contributed by atoms with Crippen LogP contribution in [0.5, 0.6) is 5.75 Å². The molecule has 3 N–H and O–H groups in total. The molecule has 0 aliphatic carbocycles. The Balaban J connectivity index is 2.28. The number of nitrogen functional groups attached to an aromatic ring is 1. The zero-order chi connectivity index (χ0) is 11.5. The molecule has 0 spiro atoms. The quantitative estimate of drug-likeness (QED) is 0.842. The first-order valence-electron chi connectivity index (χ1n) is 4.51. The Labute approximate surface area is 90.0 Å². The second-order valence-electron chi connectivity index (χ2n) is 3.11. The highest BCUT2D eigenvalue weighted by Gasteiger charge is 2.07. The molecule has 0 saturated carbocycles. The fourth-order valence-corrected chi connectivity index (χ4v) is 1.32. The van der Waals surface area contributed by atoms with Gasteiger partial charge in [0.2, 0.25) is 0 Å². The highest BCUT2D eigenvalue weighted by Crippen LogP contribution is 2.24. The first-order valence-corrected chi connectivity index (χ1v) is 4.51. The molecule has 6 heteroatoms. The maximum absolute atomic E-state index is 12.0. The molecular formula is C10H9F2N3O. The molecule has 0 radical (unpaired) electrons. The molecule has 4 nitrogen and oxygen atoms in total. The first kappa shape index (κ1) is 10.4. The lowest BCUT2D eigenvalue weighted by Crippen LogP contribution is -2.01. The number of nitrogens with one attached hydrogen (secondary N) is 1. The van der Waals surface area contributed by atoms with E-state index < -0.39 is 6.61 Å². The fourth-order valence-electron chi connectivity index (χ4n) is 1.32. The molecule has 1 aromatic heterocycles. The summed E-state index contributed by atoms with van der Waals surface area (Å²) < 4.78 is 28.3. The SMILES string of the molecule is Nc1cc(-c2cccc(OC(F)F)c2)n[nH]1. The summed E-state index contributed by atoms with van der Waals surface area (Å²) in [4.78, 5) is 0. The van der Waals surface area contributed by atoms with Crippen molar-refractivity contribution in [1.29, 1.82) is 0 Å². The van der Waals surface area contributed by atoms with E-state index in [0.717, 1.165) is 0 Å². The van der Waals surface area contributed by atoms with Gasteiger partial charge in [-0.05, 0) is 12.1 Å². The number of aromatic nitrogens is 2. The Morgan fingerprint density at radius 1 is 1.31 bits per heavy atom. The number of alkyl halides is 2. The normalized spacial score (nSPS) is 10.7. The summed E-state index contributed by atoms with van der Waals surface area (Å²) in [5.74, 6) is 0.504. The number of aromatic amines is 1. The number of hydrogen-bond acceptors (Lipinski definition) is 3. The van der Waals surface area contributed by atoms with Gasteiger partial charge in [-0.1, -0.05) is 12.1 Å². The minimum atomic E-state index is -2.83. The van der Waals surface area contributed by atoms with Crippen molar-refractivity contribution in [3.05, 3.63) is 30.3 Å². The van der Waals surface area contributed by atoms with Crippen LogP contribution in [-0.4, -0.2) is 16.8 Å². The summed E-state index contributed by atoms with van der Waals surface area (Å²) in [6.07, 6.45) is 0. The number of ether oxygens (including phenoxy) is 1. The van der Waals surface area contributed by atoms with Crippen LogP contribution in [0, 0.1) is 0 Å². The molecule has 0 unspecified atom stereocenters. The zero-order valence-electron chi connectivity index (χ0n) is 8.15. The summed E-state index contributed by atoms with van der Waals surface area (Å²) >= 11 is 0. The molecule has 2 rings (SSSR count). The predicted octanol–water partition coefficient (Wildman–Crippen LogP) is 2.26. The molecule has 0 saturated heterocycles. The summed E-state index contributed by atoms with van der Waals surface area (Å²) in [6, 6.07) is 7.88. The number of hydrogen-bond donors (Lipinski definition) is 2. The third kappa shape index (κ3) is 2.28. The van der Waals surface area contributed by atoms with Crippen LogP contribution in [0.4, 0.5) is 14.6 Å². The van der Waals surface area contributed by atoms with Gasteiger partial charge in [-0.2, -0.15) is 13.9 Å². The molecule has 2 aromatic rings. The van der Waals surface area contributed by atoms with Gasteiger partial charge < -0.3 is 10.5 Å². The van der Waals surface area contributed by atoms with E-state index in [2.05, 4.69) is 14.9 Å². The summed E-state index contributed by atoms with van der Waals surface area (Å²) in [5.41, 5.74) is 6.70. The van der Waals surface area contributed by atoms with E-state index in [1.54, 1.807) is 18.2 Å². The molecule has 1 heterocycles. The summed E-state index contributed by atoms with van der Waals surface area (Å²) in [5, 5.41) is 6.48. The molecule has 0 bridgehead atoms. The number of rotatable bonds is 3. The molecule has 0 fully saturated rings. The summed E-state index contributed by atoms with van der Waals surface area (Å²) in [7, 11) is 0. The minimum Gasteiger partial charge on any atom is -0.435 e. The van der Waals surface area contributed by atoms with Gasteiger partial charge in [-0.3, -0.25) is 5.10 Å². The number of H-pyrrole nitrogens is 1. The number of benzene rings is 1. The van der Waals surface area contributed by atoms with Crippen molar-refractivity contribution in [2.45, 2.75) is 6.61 Å². The zero-order valence-corrected chi connectivity index (χ0v) is 8.15. The van der Waals surface area contributed by atoms with E-state index in [0.29, 0.717) is 17.1 Å². The highest BCUT2D eigenvalue weighted by molar-refractivity contribution is 5.63. The van der Waals surface area contributed by atoms with Gasteiger partial charge in [0.15, 0.2) is 0 Å². The second-order valence-corrected chi connectivity index (χ2v) is 3.11. The van der Waals surface area contributed by atoms with E-state index in [4.69, 9.17) is 5.73 Å². The minimum absolute atomic E-state index is 0.0917. The maximum Gasteiger partial charge on any atom is 0.387 e. The Morgan fingerprint density at radius 2 is 2.12 bits per heavy atom. The van der Waals surface area contributed by atoms with Gasteiger partial charge in [0.05, 0.1) is 5.69 Å². The van der Waals surface area contributed by atoms with Gasteiger partial charge in [0, 0.05) is 11.6 Å². The number of halogens is 2. The Hall–Kier alpha value is -2.11. The van der Waals surface area contributed by atoms with Gasteiger partial charge in [0.1, 0.15) is 11.6 Å². The van der Waals surface area contributed by atoms with Crippen LogP contribution in [0.25, 0.3) is 11.3 Å². The Bertz CT molecular complexity index is 484. The number of nitrogens with two attached hydrogens (primary N) is 1. The number of nitrogens with zero attached hydrogens (tertiary/aromatic N) is 1. The van der Waals surface area contributed by atoms with Crippen molar-refractivity contribution in [2.75, 3.05) is 5.73 Å². The van der Waals surface area contributed by atoms with E-state index in [1.807, 2.05) is 0 Å². The average Bonchev–Trinajstić information content (AvgIpc) is 2.64. The van der Waals surface area contributed by atoms with Gasteiger partial charge in [-0.25, -0.2) is 0 Å². The third-order valence-corrected chi connectivity index (χ3v) is 1.95. The summed E-state index contributed by atoms with van der Waals surface area (Å²) in [6.45, 7) is -2.83. The van der Waals surface area contributed by atoms with Crippen molar-refractivity contribution >= 4 is 5.82 Å². The van der Waals surface area contributed by atoms with Crippen LogP contribution in [0.3, 0.4) is 0 Å². The van der Waals surface area contributed by atoms with E-state index in [-0.39, 0.29) is 5.75 Å². The first-order chi connectivity index (χ1) is 7.65. The molecule has 16 heavy (non-hydrogen) atoms. The standard InChI is InChI=1S/C10H9F2N3O/c11-10(12)16-7-3-1-2-6(4-7)8-5-9(13)15-14-8/h1-5,10H,(H3,13,14,15). The third-order valence-electron chi connectivity index (χ3n) is 1.95. The van der Waals surface area contributed by atoms with Crippen molar-refractivity contribution in [2.24, 2.45) is 0 Å². The highest BCUT2D eigenvalue weighted by atomic mass is 19.3. The van der Waals surface area contributed by atoms with Gasteiger partial charge in [0.25, 0.3) is 0 Å². The van der Waals surface area contributed by atoms with Crippen LogP contribution in [-0.2, 0) is 0 Å². The van der Waals surface area contributed by atoms with Crippen LogP contribution < -0.4 is 10.5 Å². The van der Waals surface area contributed by atoms with Crippen molar-refractivity contribution in [3.8, 4) is 17.0 Å². The topological polar surface area (TPSA) is 63.9 Å². The Morgan fingerprint density at radius 3 is 2.75 bits per heavy atom. The smallest absolute Gasteiger partial charge is 0.387 e. The van der Waals surface area contributed by atoms with E-state index in [9.17, 15) is 8.78 Å². The van der Waals surface area contributed by atoms with Crippen molar-refractivity contribution < 1.29 is 13.5 Å². The lowest BCUT2D eigenvalue weighted by molar-refractivity contribution is -0.0498. The molecule has 0 aliphatic rings. The van der Waals surface area contributed by atoms with Crippen LogP contribution in [0.15, 0.2) is 30.3 Å². The fraction of sp³-hybridized carbons (Fsp3) is 0.100. The number of anilines is 1. The molecule has 84 valence electrons. The van der Waals surface area contributed by atoms with E-state index in [1.165, 1.54) is 12.1 Å². The van der Waals surface area contributed by atoms with Gasteiger partial charge in [-0.15, -0.1) is 0 Å². The van der Waals surface area contributed by atoms with Crippen LogP contribution >= 0.6 is 0 Å². The average molecular weight is 225 g/mol. The van der Waals surface area contributed by atoms with Crippen LogP contribution in [0.2, 0.25) is 0 Å². The maximum atomic E-state index is 12.0. The van der Waals surface area contributed by atoms with Crippen molar-refractivity contribution in [3.63, 3.8) is 0 Å². The largest absolute Gasteiger partial charge is 0.435 e. The molecule has 0 aliphatic heterocycles. The lowest BCUT2D eigenvalue weighted by Gasteiger charge is -2.04. The molecule has 0 amide bonds. The molecule has 1 aromatic carbocycles. The molecular weight excluding hydrogens is 216 g/mol. The Kier molecular flexibility index (Phi) is 2.72. The predicted molar refractivity (Wildman–Crippen MR) is 55.1 cm³/mol. The van der Waals surface area contributed by atoms with Gasteiger partial charge >= 0.3 is 6.61 Å². The van der Waals surface area contributed by atoms with E-state index >= 15 is 0 Å².